The molecule has 9 nitrogen and oxygen atoms in total. The lowest BCUT2D eigenvalue weighted by Gasteiger charge is -2.31. The van der Waals surface area contributed by atoms with E-state index >= 15 is 0 Å². The van der Waals surface area contributed by atoms with Crippen LogP contribution in [0.4, 0.5) is 26.3 Å². The Bertz CT molecular complexity index is 1000. The molecule has 37 heavy (non-hydrogen) atoms. The molecule has 15 heteroatoms. The number of fused-ring (bicyclic) bond motifs is 1. The summed E-state index contributed by atoms with van der Waals surface area (Å²) in [4.78, 5) is 24.7. The summed E-state index contributed by atoms with van der Waals surface area (Å²) in [5.41, 5.74) is 3.71. The first kappa shape index (κ1) is 30.0. The van der Waals surface area contributed by atoms with Crippen LogP contribution < -0.4 is 0 Å². The van der Waals surface area contributed by atoms with E-state index in [2.05, 4.69) is 32.9 Å². The third-order valence-corrected chi connectivity index (χ3v) is 5.27. The van der Waals surface area contributed by atoms with E-state index in [-0.39, 0.29) is 0 Å². The number of hydrogen-bond acceptors (Lipinski definition) is 6. The fraction of sp³-hybridized carbons (Fsp3) is 0.545. The van der Waals surface area contributed by atoms with Crippen molar-refractivity contribution in [3.8, 4) is 0 Å². The molecule has 1 saturated carbocycles. The summed E-state index contributed by atoms with van der Waals surface area (Å²) in [5, 5.41) is 19.1. The summed E-state index contributed by atoms with van der Waals surface area (Å²) in [6.45, 7) is 4.61. The SMILES string of the molecule is COCC1CN(Cc2ccccn2)Cc2nn(CC3CC3)cc21.O=C(O)C(F)(F)F.O=C(O)C(F)(F)F. The Balaban J connectivity index is 0.000000286. The van der Waals surface area contributed by atoms with E-state index in [4.69, 9.17) is 29.6 Å². The van der Waals surface area contributed by atoms with Crippen LogP contribution >= 0.6 is 0 Å². The van der Waals surface area contributed by atoms with E-state index in [0.717, 1.165) is 44.4 Å². The van der Waals surface area contributed by atoms with E-state index < -0.39 is 24.3 Å². The summed E-state index contributed by atoms with van der Waals surface area (Å²) in [6.07, 6.45) is -3.33. The molecule has 0 aromatic carbocycles. The van der Waals surface area contributed by atoms with Gasteiger partial charge in [-0.25, -0.2) is 9.59 Å². The van der Waals surface area contributed by atoms with Crippen LogP contribution in [0.2, 0.25) is 0 Å². The first-order valence-electron chi connectivity index (χ1n) is 11.0. The lowest BCUT2D eigenvalue weighted by Crippen LogP contribution is -2.34. The maximum Gasteiger partial charge on any atom is 0.490 e. The molecule has 2 N–H and O–H groups in total. The third-order valence-electron chi connectivity index (χ3n) is 5.27. The van der Waals surface area contributed by atoms with Gasteiger partial charge in [0.1, 0.15) is 0 Å². The van der Waals surface area contributed by atoms with Crippen molar-refractivity contribution in [3.05, 3.63) is 47.5 Å². The highest BCUT2D eigenvalue weighted by Crippen LogP contribution is 2.33. The van der Waals surface area contributed by atoms with Gasteiger partial charge in [-0.1, -0.05) is 6.07 Å². The van der Waals surface area contributed by atoms with Crippen LogP contribution in [0.3, 0.4) is 0 Å². The molecule has 0 amide bonds. The van der Waals surface area contributed by atoms with Gasteiger partial charge in [-0.05, 0) is 30.9 Å². The van der Waals surface area contributed by atoms with E-state index in [1.807, 2.05) is 12.3 Å². The highest BCUT2D eigenvalue weighted by atomic mass is 19.4. The van der Waals surface area contributed by atoms with Gasteiger partial charge in [-0.2, -0.15) is 31.4 Å². The lowest BCUT2D eigenvalue weighted by atomic mass is 9.95. The second kappa shape index (κ2) is 12.9. The summed E-state index contributed by atoms with van der Waals surface area (Å²) in [6, 6.07) is 6.10. The highest BCUT2D eigenvalue weighted by molar-refractivity contribution is 5.73. The number of carboxylic acids is 2. The zero-order valence-electron chi connectivity index (χ0n) is 19.7. The van der Waals surface area contributed by atoms with Crippen molar-refractivity contribution in [2.75, 3.05) is 20.3 Å². The van der Waals surface area contributed by atoms with Crippen molar-refractivity contribution < 1.29 is 50.9 Å². The minimum atomic E-state index is -5.08. The van der Waals surface area contributed by atoms with Gasteiger partial charge in [0.25, 0.3) is 0 Å². The van der Waals surface area contributed by atoms with Crippen molar-refractivity contribution in [2.24, 2.45) is 5.92 Å². The van der Waals surface area contributed by atoms with Gasteiger partial charge in [-0.15, -0.1) is 0 Å². The van der Waals surface area contributed by atoms with Gasteiger partial charge < -0.3 is 14.9 Å². The smallest absolute Gasteiger partial charge is 0.475 e. The fourth-order valence-corrected chi connectivity index (χ4v) is 3.47. The van der Waals surface area contributed by atoms with Gasteiger partial charge in [0.15, 0.2) is 0 Å². The molecule has 0 saturated heterocycles. The molecule has 4 rings (SSSR count). The van der Waals surface area contributed by atoms with Crippen molar-refractivity contribution in [1.82, 2.24) is 19.7 Å². The van der Waals surface area contributed by atoms with E-state index in [1.54, 1.807) is 7.11 Å². The molecule has 1 aliphatic heterocycles. The zero-order chi connectivity index (χ0) is 27.8. The zero-order valence-corrected chi connectivity index (χ0v) is 19.7. The van der Waals surface area contributed by atoms with Gasteiger partial charge in [0.05, 0.1) is 18.0 Å². The number of nitrogens with zero attached hydrogens (tertiary/aromatic N) is 4. The number of carbonyl (C=O) groups is 2. The predicted molar refractivity (Wildman–Crippen MR) is 115 cm³/mol. The Morgan fingerprint density at radius 1 is 1.08 bits per heavy atom. The summed E-state index contributed by atoms with van der Waals surface area (Å²) in [7, 11) is 1.78. The van der Waals surface area contributed by atoms with Crippen molar-refractivity contribution >= 4 is 11.9 Å². The summed E-state index contributed by atoms with van der Waals surface area (Å²) in [5.74, 6) is -4.26. The monoisotopic (exact) mass is 540 g/mol. The summed E-state index contributed by atoms with van der Waals surface area (Å²) >= 11 is 0. The minimum Gasteiger partial charge on any atom is -0.475 e. The van der Waals surface area contributed by atoms with Crippen molar-refractivity contribution in [2.45, 2.75) is 50.7 Å². The Labute approximate surface area is 207 Å². The molecule has 2 aromatic rings. The van der Waals surface area contributed by atoms with Crippen molar-refractivity contribution in [1.29, 1.82) is 0 Å². The Morgan fingerprint density at radius 2 is 1.68 bits per heavy atom. The molecule has 1 unspecified atom stereocenters. The molecule has 0 radical (unpaired) electrons. The standard InChI is InChI=1S/C18H24N4O.2C2HF3O2/c1-23-13-15-9-21(10-16-4-2-3-7-19-16)12-18-17(15)11-22(20-18)8-14-5-6-14;2*3-2(4,5)1(6)7/h2-4,7,11,14-15H,5-6,8-10,12-13H2,1H3;2*(H,6,7). The second-order valence-corrected chi connectivity index (χ2v) is 8.45. The average molecular weight is 540 g/mol. The molecule has 0 bridgehead atoms. The second-order valence-electron chi connectivity index (χ2n) is 8.45. The minimum absolute atomic E-state index is 0.403. The number of aromatic nitrogens is 3. The number of pyridine rings is 1. The maximum absolute atomic E-state index is 10.6. The van der Waals surface area contributed by atoms with Crippen LogP contribution in [0.25, 0.3) is 0 Å². The van der Waals surface area contributed by atoms with Crippen LogP contribution in [0.1, 0.15) is 35.7 Å². The largest absolute Gasteiger partial charge is 0.490 e. The maximum atomic E-state index is 10.6. The van der Waals surface area contributed by atoms with Gasteiger partial charge in [0, 0.05) is 57.2 Å². The van der Waals surface area contributed by atoms with Crippen LogP contribution in [0, 0.1) is 5.92 Å². The quantitative estimate of drug-likeness (QED) is 0.533. The lowest BCUT2D eigenvalue weighted by molar-refractivity contribution is -0.193. The molecule has 2 aromatic heterocycles. The van der Waals surface area contributed by atoms with Crippen LogP contribution in [0.15, 0.2) is 30.6 Å². The molecule has 1 aliphatic carbocycles. The molecule has 3 heterocycles. The molecule has 1 atom stereocenters. The number of hydrogen-bond donors (Lipinski definition) is 2. The topological polar surface area (TPSA) is 118 Å². The molecule has 0 spiro atoms. The van der Waals surface area contributed by atoms with Gasteiger partial charge >= 0.3 is 24.3 Å². The molecule has 1 fully saturated rings. The van der Waals surface area contributed by atoms with Gasteiger partial charge in [-0.3, -0.25) is 14.6 Å². The molecule has 206 valence electrons. The molecular weight excluding hydrogens is 514 g/mol. The number of ether oxygens (including phenoxy) is 1. The van der Waals surface area contributed by atoms with Crippen LogP contribution in [-0.4, -0.2) is 74.4 Å². The normalized spacial score (nSPS) is 17.5. The highest BCUT2D eigenvalue weighted by Gasteiger charge is 2.39. The van der Waals surface area contributed by atoms with E-state index in [0.29, 0.717) is 5.92 Å². The van der Waals surface area contributed by atoms with Crippen molar-refractivity contribution in [3.63, 3.8) is 0 Å². The first-order chi connectivity index (χ1) is 17.2. The molecular formula is C22H26F6N4O5. The number of alkyl halides is 6. The average Bonchev–Trinajstić information content (AvgIpc) is 3.51. The van der Waals surface area contributed by atoms with E-state index in [9.17, 15) is 26.3 Å². The fourth-order valence-electron chi connectivity index (χ4n) is 3.47. The molecule has 2 aliphatic rings. The number of carboxylic acid groups (broad SMARTS) is 2. The number of aliphatic carboxylic acids is 2. The van der Waals surface area contributed by atoms with Crippen LogP contribution in [-0.2, 0) is 34.0 Å². The first-order valence-corrected chi connectivity index (χ1v) is 11.0. The Kier molecular flexibility index (Phi) is 10.4. The number of methoxy groups -OCH3 is 1. The Morgan fingerprint density at radius 3 is 2.14 bits per heavy atom. The van der Waals surface area contributed by atoms with Crippen LogP contribution in [0.5, 0.6) is 0 Å². The van der Waals surface area contributed by atoms with Gasteiger partial charge in [0.2, 0.25) is 0 Å². The third kappa shape index (κ3) is 10.4. The Hall–Kier alpha value is -3.20. The van der Waals surface area contributed by atoms with E-state index in [1.165, 1.54) is 24.1 Å². The number of halogens is 6. The predicted octanol–water partition coefficient (Wildman–Crippen LogP) is 3.70. The summed E-state index contributed by atoms with van der Waals surface area (Å²) < 4.78 is 71.1. The number of rotatable bonds is 6.